The Bertz CT molecular complexity index is 1160. The van der Waals surface area contributed by atoms with Crippen LogP contribution < -0.4 is 0 Å². The number of tetrazole rings is 1. The van der Waals surface area contributed by atoms with E-state index in [2.05, 4.69) is 61.8 Å². The lowest BCUT2D eigenvalue weighted by Gasteiger charge is -2.60. The smallest absolute Gasteiger partial charge is 0.223 e. The first-order valence-electron chi connectivity index (χ1n) is 12.3. The predicted molar refractivity (Wildman–Crippen MR) is 120 cm³/mol. The van der Waals surface area contributed by atoms with Crippen LogP contribution in [-0.4, -0.2) is 48.5 Å². The minimum atomic E-state index is 0.0401. The zero-order valence-corrected chi connectivity index (χ0v) is 18.6. The van der Waals surface area contributed by atoms with Crippen LogP contribution in [0, 0.1) is 5.92 Å². The van der Waals surface area contributed by atoms with Crippen molar-refractivity contribution in [3.63, 3.8) is 0 Å². The minimum absolute atomic E-state index is 0.0401. The number of amides is 1. The van der Waals surface area contributed by atoms with Gasteiger partial charge in [-0.3, -0.25) is 4.79 Å². The molecule has 1 amide bonds. The van der Waals surface area contributed by atoms with Gasteiger partial charge in [-0.25, -0.2) is 5.10 Å². The molecule has 7 nitrogen and oxygen atoms in total. The molecule has 3 saturated carbocycles. The van der Waals surface area contributed by atoms with E-state index in [-0.39, 0.29) is 11.3 Å². The number of hydrogen-bond acceptors (Lipinski definition) is 4. The first kappa shape index (κ1) is 18.8. The topological polar surface area (TPSA) is 90.6 Å². The second-order valence-electron chi connectivity index (χ2n) is 11.0. The second-order valence-corrected chi connectivity index (χ2v) is 11.0. The van der Waals surface area contributed by atoms with Crippen molar-refractivity contribution in [3.8, 4) is 0 Å². The first-order chi connectivity index (χ1) is 15.6. The van der Waals surface area contributed by atoms with Crippen LogP contribution in [0.1, 0.15) is 87.1 Å². The summed E-state index contributed by atoms with van der Waals surface area (Å²) in [6.07, 6.45) is 10.7. The monoisotopic (exact) mass is 430 g/mol. The number of piperidine rings is 2. The zero-order valence-electron chi connectivity index (χ0n) is 18.6. The predicted octanol–water partition coefficient (Wildman–Crippen LogP) is 4.16. The van der Waals surface area contributed by atoms with Crippen molar-refractivity contribution in [2.24, 2.45) is 5.92 Å². The molecule has 5 aliphatic rings. The summed E-state index contributed by atoms with van der Waals surface area (Å²) in [4.78, 5) is 19.4. The van der Waals surface area contributed by atoms with Crippen LogP contribution in [0.5, 0.6) is 0 Å². The Labute approximate surface area is 187 Å². The van der Waals surface area contributed by atoms with Crippen molar-refractivity contribution in [3.05, 3.63) is 41.3 Å². The zero-order chi connectivity index (χ0) is 21.4. The molecule has 0 radical (unpaired) electrons. The van der Waals surface area contributed by atoms with Crippen LogP contribution in [0.2, 0.25) is 0 Å². The number of aromatic amines is 2. The normalized spacial score (nSPS) is 32.0. The van der Waals surface area contributed by atoms with E-state index in [0.29, 0.717) is 36.2 Å². The standard InChI is InChI=1S/C25H30N6O/c1-14(20-13-26-21-4-2-3-19(23(20)21)16-5-6-16)7-22(32)31-17-8-15-9-18(31)12-25(10-15,11-17)24-27-29-30-28-24/h2-4,13-18,26H,5-12H2,1H3,(H,27,28,29,30). The van der Waals surface area contributed by atoms with Gasteiger partial charge in [0.15, 0.2) is 5.82 Å². The molecule has 0 spiro atoms. The van der Waals surface area contributed by atoms with Gasteiger partial charge >= 0.3 is 0 Å². The molecule has 3 atom stereocenters. The van der Waals surface area contributed by atoms with Gasteiger partial charge in [0.05, 0.1) is 0 Å². The van der Waals surface area contributed by atoms with Crippen LogP contribution in [-0.2, 0) is 10.2 Å². The third kappa shape index (κ3) is 2.72. The molecule has 8 rings (SSSR count). The van der Waals surface area contributed by atoms with E-state index in [0.717, 1.165) is 37.9 Å². The number of nitrogens with one attached hydrogen (secondary N) is 2. The van der Waals surface area contributed by atoms with Crippen molar-refractivity contribution >= 4 is 16.8 Å². The summed E-state index contributed by atoms with van der Waals surface area (Å²) in [5, 5.41) is 16.4. The molecule has 3 unspecified atom stereocenters. The molecule has 7 heteroatoms. The van der Waals surface area contributed by atoms with Gasteiger partial charge in [-0.05, 0) is 90.3 Å². The fourth-order valence-corrected chi connectivity index (χ4v) is 7.55. The number of nitrogens with zero attached hydrogens (tertiary/aromatic N) is 4. The van der Waals surface area contributed by atoms with Crippen LogP contribution in [0.4, 0.5) is 0 Å². The summed E-state index contributed by atoms with van der Waals surface area (Å²) in [5.41, 5.74) is 4.03. The van der Waals surface area contributed by atoms with Crippen molar-refractivity contribution in [2.75, 3.05) is 0 Å². The highest BCUT2D eigenvalue weighted by atomic mass is 16.2. The Morgan fingerprint density at radius 2 is 2.03 bits per heavy atom. The molecule has 2 aromatic heterocycles. The summed E-state index contributed by atoms with van der Waals surface area (Å²) in [6, 6.07) is 7.27. The van der Waals surface area contributed by atoms with Crippen molar-refractivity contribution in [1.82, 2.24) is 30.5 Å². The second kappa shape index (κ2) is 6.65. The summed E-state index contributed by atoms with van der Waals surface area (Å²) in [5.74, 6) is 2.86. The Hall–Kier alpha value is -2.70. The first-order valence-corrected chi connectivity index (χ1v) is 12.3. The van der Waals surface area contributed by atoms with E-state index in [1.54, 1.807) is 0 Å². The van der Waals surface area contributed by atoms with E-state index in [1.165, 1.54) is 34.9 Å². The van der Waals surface area contributed by atoms with Crippen molar-refractivity contribution < 1.29 is 4.79 Å². The highest BCUT2D eigenvalue weighted by Gasteiger charge is 2.57. The number of fused-ring (bicyclic) bond motifs is 1. The molecule has 32 heavy (non-hydrogen) atoms. The van der Waals surface area contributed by atoms with E-state index in [1.807, 2.05) is 0 Å². The Balaban J connectivity index is 1.14. The van der Waals surface area contributed by atoms with Gasteiger partial charge in [0.2, 0.25) is 5.91 Å². The van der Waals surface area contributed by atoms with Gasteiger partial charge in [-0.15, -0.1) is 5.10 Å². The largest absolute Gasteiger partial charge is 0.361 e. The van der Waals surface area contributed by atoms with Gasteiger partial charge in [0.25, 0.3) is 0 Å². The van der Waals surface area contributed by atoms with Crippen LogP contribution in [0.25, 0.3) is 10.9 Å². The Kier molecular flexibility index (Phi) is 3.92. The van der Waals surface area contributed by atoms with Crippen LogP contribution in [0.15, 0.2) is 24.4 Å². The molecular weight excluding hydrogens is 400 g/mol. The molecule has 3 aromatic rings. The lowest BCUT2D eigenvalue weighted by atomic mass is 9.55. The van der Waals surface area contributed by atoms with E-state index in [4.69, 9.17) is 0 Å². The average Bonchev–Trinajstić information content (AvgIpc) is 3.28. The third-order valence-electron chi connectivity index (χ3n) is 8.86. The SMILES string of the molecule is CC(CC(=O)N1C2CC3CC1CC(c1nnn[nH]1)(C3)C2)c1c[nH]c2cccc(C3CC3)c12. The Morgan fingerprint density at radius 1 is 1.22 bits per heavy atom. The maximum atomic E-state index is 13.7. The number of carbonyl (C=O) groups is 1. The van der Waals surface area contributed by atoms with Gasteiger partial charge in [0, 0.05) is 41.0 Å². The number of rotatable bonds is 5. The van der Waals surface area contributed by atoms with Gasteiger partial charge < -0.3 is 9.88 Å². The van der Waals surface area contributed by atoms with E-state index < -0.39 is 0 Å². The van der Waals surface area contributed by atoms with Crippen molar-refractivity contribution in [1.29, 1.82) is 0 Å². The molecule has 2 aliphatic heterocycles. The molecule has 5 fully saturated rings. The molecule has 1 aromatic carbocycles. The van der Waals surface area contributed by atoms with E-state index >= 15 is 0 Å². The molecule has 4 heterocycles. The molecular formula is C25H30N6O. The van der Waals surface area contributed by atoms with Gasteiger partial charge in [0.1, 0.15) is 0 Å². The molecule has 4 bridgehead atoms. The number of benzene rings is 1. The molecule has 2 N–H and O–H groups in total. The van der Waals surface area contributed by atoms with Crippen LogP contribution >= 0.6 is 0 Å². The van der Waals surface area contributed by atoms with Gasteiger partial charge in [-0.1, -0.05) is 19.1 Å². The summed E-state index contributed by atoms with van der Waals surface area (Å²) in [6.45, 7) is 2.23. The molecule has 3 aliphatic carbocycles. The Morgan fingerprint density at radius 3 is 2.75 bits per heavy atom. The van der Waals surface area contributed by atoms with Crippen LogP contribution in [0.3, 0.4) is 0 Å². The average molecular weight is 431 g/mol. The molecule has 2 saturated heterocycles. The maximum Gasteiger partial charge on any atom is 0.223 e. The molecule has 166 valence electrons. The quantitative estimate of drug-likeness (QED) is 0.636. The lowest BCUT2D eigenvalue weighted by Crippen LogP contribution is -2.64. The number of hydrogen-bond donors (Lipinski definition) is 2. The van der Waals surface area contributed by atoms with Gasteiger partial charge in [-0.2, -0.15) is 0 Å². The minimum Gasteiger partial charge on any atom is -0.361 e. The fraction of sp³-hybridized carbons (Fsp3) is 0.600. The summed E-state index contributed by atoms with van der Waals surface area (Å²) in [7, 11) is 0. The highest BCUT2D eigenvalue weighted by molar-refractivity contribution is 5.89. The fourth-order valence-electron chi connectivity index (χ4n) is 7.55. The number of aromatic nitrogens is 5. The van der Waals surface area contributed by atoms with Crippen molar-refractivity contribution in [2.45, 2.75) is 87.6 Å². The number of carbonyl (C=O) groups excluding carboxylic acids is 1. The lowest BCUT2D eigenvalue weighted by molar-refractivity contribution is -0.152. The maximum absolute atomic E-state index is 13.7. The third-order valence-corrected chi connectivity index (χ3v) is 8.86. The van der Waals surface area contributed by atoms with E-state index in [9.17, 15) is 4.79 Å². The number of H-pyrrole nitrogens is 2. The summed E-state index contributed by atoms with van der Waals surface area (Å²) >= 11 is 0. The summed E-state index contributed by atoms with van der Waals surface area (Å²) < 4.78 is 0. The highest BCUT2D eigenvalue weighted by Crippen LogP contribution is 2.56.